The number of ether oxygens (including phenoxy) is 1. The van der Waals surface area contributed by atoms with Crippen molar-refractivity contribution in [3.8, 4) is 5.75 Å². The van der Waals surface area contributed by atoms with Crippen molar-refractivity contribution >= 4 is 0 Å². The second-order valence-corrected chi connectivity index (χ2v) is 4.92. The minimum atomic E-state index is 0.688. The molecule has 0 radical (unpaired) electrons. The van der Waals surface area contributed by atoms with E-state index in [9.17, 15) is 0 Å². The van der Waals surface area contributed by atoms with Crippen LogP contribution in [0.5, 0.6) is 5.75 Å². The van der Waals surface area contributed by atoms with E-state index in [2.05, 4.69) is 38.8 Å². The first-order valence-corrected chi connectivity index (χ1v) is 6.89. The van der Waals surface area contributed by atoms with Crippen molar-refractivity contribution in [2.75, 3.05) is 6.61 Å². The Labute approximate surface area is 112 Å². The maximum Gasteiger partial charge on any atom is 0.174 e. The molecule has 1 aliphatic rings. The number of aromatic amines is 1. The first-order valence-electron chi connectivity index (χ1n) is 6.89. The topological polar surface area (TPSA) is 63.7 Å². The van der Waals surface area contributed by atoms with Crippen LogP contribution in [0.2, 0.25) is 0 Å². The standard InChI is InChI=1S/C14H18N4O/c1-2-5-12-10-13(8-7-11(12)4-1)19-9-3-6-14-15-17-18-16-14/h7-8,10H,1-6,9H2,(H,15,16,17,18). The Kier molecular flexibility index (Phi) is 3.72. The second-order valence-electron chi connectivity index (χ2n) is 4.92. The first kappa shape index (κ1) is 12.1. The summed E-state index contributed by atoms with van der Waals surface area (Å²) in [4.78, 5) is 0. The number of aromatic nitrogens is 4. The van der Waals surface area contributed by atoms with Crippen LogP contribution in [0.1, 0.15) is 36.2 Å². The molecule has 0 atom stereocenters. The minimum Gasteiger partial charge on any atom is -0.494 e. The number of H-pyrrole nitrogens is 1. The lowest BCUT2D eigenvalue weighted by atomic mass is 9.92. The molecule has 1 aromatic heterocycles. The van der Waals surface area contributed by atoms with Crippen LogP contribution in [0.4, 0.5) is 0 Å². The van der Waals surface area contributed by atoms with Gasteiger partial charge in [0.1, 0.15) is 5.75 Å². The normalized spacial score (nSPS) is 14.1. The van der Waals surface area contributed by atoms with Gasteiger partial charge in [-0.25, -0.2) is 0 Å². The summed E-state index contributed by atoms with van der Waals surface area (Å²) < 4.78 is 5.78. The molecular weight excluding hydrogens is 240 g/mol. The number of benzene rings is 1. The number of nitrogens with zero attached hydrogens (tertiary/aromatic N) is 3. The van der Waals surface area contributed by atoms with Gasteiger partial charge in [-0.1, -0.05) is 11.3 Å². The molecule has 0 fully saturated rings. The summed E-state index contributed by atoms with van der Waals surface area (Å²) in [6, 6.07) is 6.49. The van der Waals surface area contributed by atoms with Gasteiger partial charge in [-0.2, -0.15) is 5.21 Å². The third-order valence-electron chi connectivity index (χ3n) is 3.52. The van der Waals surface area contributed by atoms with E-state index >= 15 is 0 Å². The third-order valence-corrected chi connectivity index (χ3v) is 3.52. The van der Waals surface area contributed by atoms with Gasteiger partial charge in [-0.15, -0.1) is 10.2 Å². The monoisotopic (exact) mass is 258 g/mol. The Morgan fingerprint density at radius 1 is 1.16 bits per heavy atom. The van der Waals surface area contributed by atoms with Gasteiger partial charge >= 0.3 is 0 Å². The summed E-state index contributed by atoms with van der Waals surface area (Å²) in [6.45, 7) is 0.688. The molecule has 1 N–H and O–H groups in total. The summed E-state index contributed by atoms with van der Waals surface area (Å²) in [5, 5.41) is 13.8. The zero-order valence-corrected chi connectivity index (χ0v) is 10.9. The fourth-order valence-corrected chi connectivity index (χ4v) is 2.51. The van der Waals surface area contributed by atoms with Gasteiger partial charge in [-0.3, -0.25) is 0 Å². The van der Waals surface area contributed by atoms with E-state index in [-0.39, 0.29) is 0 Å². The number of tetrazole rings is 1. The summed E-state index contributed by atoms with van der Waals surface area (Å²) >= 11 is 0. The predicted octanol–water partition coefficient (Wildman–Crippen LogP) is 2.09. The number of hydrogen-bond donors (Lipinski definition) is 1. The number of aryl methyl sites for hydroxylation is 3. The maximum atomic E-state index is 5.78. The second kappa shape index (κ2) is 5.82. The number of fused-ring (bicyclic) bond motifs is 1. The molecule has 0 spiro atoms. The van der Waals surface area contributed by atoms with Crippen LogP contribution in [0.3, 0.4) is 0 Å². The molecule has 0 bridgehead atoms. The molecule has 0 saturated carbocycles. The van der Waals surface area contributed by atoms with E-state index in [0.717, 1.165) is 24.4 Å². The molecule has 1 aliphatic carbocycles. The Morgan fingerprint density at radius 2 is 2.05 bits per heavy atom. The summed E-state index contributed by atoms with van der Waals surface area (Å²) in [6.07, 6.45) is 6.72. The fourth-order valence-electron chi connectivity index (χ4n) is 2.51. The molecule has 0 aliphatic heterocycles. The zero-order chi connectivity index (χ0) is 12.9. The van der Waals surface area contributed by atoms with Gasteiger partial charge in [-0.05, 0) is 55.4 Å². The Bertz CT molecular complexity index is 524. The van der Waals surface area contributed by atoms with Gasteiger partial charge in [0, 0.05) is 6.42 Å². The van der Waals surface area contributed by atoms with E-state index < -0.39 is 0 Å². The lowest BCUT2D eigenvalue weighted by molar-refractivity contribution is 0.309. The van der Waals surface area contributed by atoms with E-state index in [1.165, 1.54) is 36.8 Å². The summed E-state index contributed by atoms with van der Waals surface area (Å²) in [7, 11) is 0. The van der Waals surface area contributed by atoms with Gasteiger partial charge in [0.05, 0.1) is 6.61 Å². The van der Waals surface area contributed by atoms with Crippen LogP contribution in [-0.4, -0.2) is 27.2 Å². The number of rotatable bonds is 5. The van der Waals surface area contributed by atoms with Crippen LogP contribution >= 0.6 is 0 Å². The Balaban J connectivity index is 1.50. The lowest BCUT2D eigenvalue weighted by Gasteiger charge is -2.16. The first-order chi connectivity index (χ1) is 9.42. The molecule has 0 saturated heterocycles. The van der Waals surface area contributed by atoms with Crippen molar-refractivity contribution in [1.82, 2.24) is 20.6 Å². The Morgan fingerprint density at radius 3 is 2.89 bits per heavy atom. The van der Waals surface area contributed by atoms with Crippen molar-refractivity contribution in [1.29, 1.82) is 0 Å². The van der Waals surface area contributed by atoms with Gasteiger partial charge in [0.2, 0.25) is 0 Å². The third kappa shape index (κ3) is 3.10. The van der Waals surface area contributed by atoms with Crippen molar-refractivity contribution < 1.29 is 4.74 Å². The molecule has 0 amide bonds. The van der Waals surface area contributed by atoms with Gasteiger partial charge in [0.25, 0.3) is 0 Å². The minimum absolute atomic E-state index is 0.688. The largest absolute Gasteiger partial charge is 0.494 e. The van der Waals surface area contributed by atoms with Crippen LogP contribution in [0, 0.1) is 0 Å². The molecule has 5 heteroatoms. The highest BCUT2D eigenvalue weighted by Crippen LogP contribution is 2.25. The highest BCUT2D eigenvalue weighted by atomic mass is 16.5. The van der Waals surface area contributed by atoms with Gasteiger partial charge < -0.3 is 4.74 Å². The number of hydrogen-bond acceptors (Lipinski definition) is 4. The molecular formula is C14H18N4O. The average Bonchev–Trinajstić information content (AvgIpc) is 2.97. The quantitative estimate of drug-likeness (QED) is 0.834. The summed E-state index contributed by atoms with van der Waals surface area (Å²) in [5.74, 6) is 1.72. The molecule has 3 rings (SSSR count). The van der Waals surface area contributed by atoms with Crippen molar-refractivity contribution in [2.24, 2.45) is 0 Å². The Hall–Kier alpha value is -1.91. The van der Waals surface area contributed by atoms with Crippen LogP contribution in [-0.2, 0) is 19.3 Å². The maximum absolute atomic E-state index is 5.78. The SMILES string of the molecule is c1cc2c(cc1OCCCc1nn[nH]n1)CCCC2. The van der Waals surface area contributed by atoms with E-state index in [1.807, 2.05) is 0 Å². The summed E-state index contributed by atoms with van der Waals surface area (Å²) in [5.41, 5.74) is 2.95. The van der Waals surface area contributed by atoms with Crippen LogP contribution in [0.15, 0.2) is 18.2 Å². The molecule has 1 aromatic carbocycles. The van der Waals surface area contributed by atoms with Crippen molar-refractivity contribution in [3.63, 3.8) is 0 Å². The molecule has 1 heterocycles. The molecule has 19 heavy (non-hydrogen) atoms. The van der Waals surface area contributed by atoms with E-state index in [4.69, 9.17) is 4.74 Å². The predicted molar refractivity (Wildman–Crippen MR) is 71.1 cm³/mol. The van der Waals surface area contributed by atoms with E-state index in [1.54, 1.807) is 0 Å². The van der Waals surface area contributed by atoms with Crippen molar-refractivity contribution in [3.05, 3.63) is 35.2 Å². The molecule has 100 valence electrons. The van der Waals surface area contributed by atoms with Crippen molar-refractivity contribution in [2.45, 2.75) is 38.5 Å². The molecule has 5 nitrogen and oxygen atoms in total. The van der Waals surface area contributed by atoms with Crippen LogP contribution < -0.4 is 4.74 Å². The highest BCUT2D eigenvalue weighted by molar-refractivity contribution is 5.37. The van der Waals surface area contributed by atoms with Crippen LogP contribution in [0.25, 0.3) is 0 Å². The highest BCUT2D eigenvalue weighted by Gasteiger charge is 2.09. The molecule has 0 unspecified atom stereocenters. The zero-order valence-electron chi connectivity index (χ0n) is 10.9. The number of nitrogens with one attached hydrogen (secondary N) is 1. The van der Waals surface area contributed by atoms with Gasteiger partial charge in [0.15, 0.2) is 5.82 Å². The van der Waals surface area contributed by atoms with E-state index in [0.29, 0.717) is 6.61 Å². The average molecular weight is 258 g/mol. The lowest BCUT2D eigenvalue weighted by Crippen LogP contribution is -2.04. The fraction of sp³-hybridized carbons (Fsp3) is 0.500. The smallest absolute Gasteiger partial charge is 0.174 e. The molecule has 2 aromatic rings.